The highest BCUT2D eigenvalue weighted by molar-refractivity contribution is 6.45. The SMILES string of the molecule is CC(=O)NCc1ccc(C(=O)CN2C(=O)C(=O)N(C3CCCC3)C2=O)cc1. The second-order valence-corrected chi connectivity index (χ2v) is 6.82. The third kappa shape index (κ3) is 3.89. The van der Waals surface area contributed by atoms with Gasteiger partial charge in [-0.1, -0.05) is 37.1 Å². The van der Waals surface area contributed by atoms with Gasteiger partial charge in [-0.15, -0.1) is 0 Å². The zero-order valence-electron chi connectivity index (χ0n) is 15.1. The molecule has 1 aliphatic heterocycles. The van der Waals surface area contributed by atoms with Crippen molar-refractivity contribution in [1.82, 2.24) is 15.1 Å². The number of benzene rings is 1. The van der Waals surface area contributed by atoms with Crippen molar-refractivity contribution in [2.24, 2.45) is 0 Å². The van der Waals surface area contributed by atoms with Crippen molar-refractivity contribution in [2.75, 3.05) is 6.54 Å². The van der Waals surface area contributed by atoms with E-state index in [1.807, 2.05) is 0 Å². The Balaban J connectivity index is 1.66. The Labute approximate surface area is 156 Å². The molecule has 1 aromatic rings. The van der Waals surface area contributed by atoms with Gasteiger partial charge in [0, 0.05) is 25.1 Å². The second-order valence-electron chi connectivity index (χ2n) is 6.82. The van der Waals surface area contributed by atoms with Crippen LogP contribution in [0.3, 0.4) is 0 Å². The molecule has 1 aliphatic carbocycles. The molecule has 3 rings (SSSR count). The summed E-state index contributed by atoms with van der Waals surface area (Å²) in [5.74, 6) is -2.37. The number of imide groups is 2. The lowest BCUT2D eigenvalue weighted by atomic mass is 10.1. The average molecular weight is 371 g/mol. The molecule has 0 aromatic heterocycles. The van der Waals surface area contributed by atoms with E-state index < -0.39 is 30.2 Å². The molecule has 0 radical (unpaired) electrons. The van der Waals surface area contributed by atoms with Crippen LogP contribution < -0.4 is 5.32 Å². The van der Waals surface area contributed by atoms with Crippen LogP contribution in [-0.2, 0) is 20.9 Å². The third-order valence-electron chi connectivity index (χ3n) is 4.89. The molecule has 8 nitrogen and oxygen atoms in total. The Morgan fingerprint density at radius 2 is 1.67 bits per heavy atom. The number of rotatable bonds is 6. The Hall–Kier alpha value is -3.03. The van der Waals surface area contributed by atoms with E-state index in [0.717, 1.165) is 28.2 Å². The molecule has 1 saturated heterocycles. The van der Waals surface area contributed by atoms with E-state index in [9.17, 15) is 24.0 Å². The molecular weight excluding hydrogens is 350 g/mol. The first-order valence-electron chi connectivity index (χ1n) is 8.94. The highest BCUT2D eigenvalue weighted by Crippen LogP contribution is 2.27. The van der Waals surface area contributed by atoms with Crippen molar-refractivity contribution in [3.63, 3.8) is 0 Å². The summed E-state index contributed by atoms with van der Waals surface area (Å²) in [5.41, 5.74) is 1.15. The summed E-state index contributed by atoms with van der Waals surface area (Å²) in [7, 11) is 0. The van der Waals surface area contributed by atoms with E-state index in [2.05, 4.69) is 5.32 Å². The molecule has 1 saturated carbocycles. The van der Waals surface area contributed by atoms with Crippen molar-refractivity contribution in [2.45, 2.75) is 45.2 Å². The van der Waals surface area contributed by atoms with Gasteiger partial charge in [0.15, 0.2) is 5.78 Å². The summed E-state index contributed by atoms with van der Waals surface area (Å²) in [6, 6.07) is 5.57. The lowest BCUT2D eigenvalue weighted by Crippen LogP contribution is -2.41. The first-order valence-corrected chi connectivity index (χ1v) is 8.94. The van der Waals surface area contributed by atoms with Crippen LogP contribution >= 0.6 is 0 Å². The van der Waals surface area contributed by atoms with Crippen LogP contribution in [0.25, 0.3) is 0 Å². The molecule has 1 aromatic carbocycles. The van der Waals surface area contributed by atoms with E-state index in [-0.39, 0.29) is 11.9 Å². The van der Waals surface area contributed by atoms with E-state index >= 15 is 0 Å². The van der Waals surface area contributed by atoms with Crippen LogP contribution in [0.15, 0.2) is 24.3 Å². The summed E-state index contributed by atoms with van der Waals surface area (Å²) in [5, 5.41) is 2.65. The number of hydrogen-bond donors (Lipinski definition) is 1. The number of carbonyl (C=O) groups excluding carboxylic acids is 5. The normalized spacial score (nSPS) is 17.7. The van der Waals surface area contributed by atoms with Crippen molar-refractivity contribution < 1.29 is 24.0 Å². The lowest BCUT2D eigenvalue weighted by Gasteiger charge is -2.20. The maximum absolute atomic E-state index is 12.5. The largest absolute Gasteiger partial charge is 0.352 e. The summed E-state index contributed by atoms with van der Waals surface area (Å²) >= 11 is 0. The van der Waals surface area contributed by atoms with E-state index in [1.165, 1.54) is 6.92 Å². The highest BCUT2D eigenvalue weighted by atomic mass is 16.2. The van der Waals surface area contributed by atoms with Gasteiger partial charge in [-0.05, 0) is 18.4 Å². The first kappa shape index (κ1) is 18.8. The minimum atomic E-state index is -0.942. The number of carbonyl (C=O) groups is 5. The molecule has 2 fully saturated rings. The van der Waals surface area contributed by atoms with Gasteiger partial charge in [-0.25, -0.2) is 9.69 Å². The number of nitrogens with zero attached hydrogens (tertiary/aromatic N) is 2. The summed E-state index contributed by atoms with van der Waals surface area (Å²) in [6.45, 7) is 1.30. The molecule has 0 unspecified atom stereocenters. The fraction of sp³-hybridized carbons (Fsp3) is 0.421. The number of urea groups is 1. The van der Waals surface area contributed by atoms with Gasteiger partial charge in [0.1, 0.15) is 0 Å². The number of hydrogen-bond acceptors (Lipinski definition) is 5. The Kier molecular flexibility index (Phi) is 5.34. The highest BCUT2D eigenvalue weighted by Gasteiger charge is 2.48. The molecule has 0 bridgehead atoms. The fourth-order valence-corrected chi connectivity index (χ4v) is 3.42. The van der Waals surface area contributed by atoms with Crippen molar-refractivity contribution in [3.8, 4) is 0 Å². The van der Waals surface area contributed by atoms with Gasteiger partial charge >= 0.3 is 17.8 Å². The number of amides is 5. The molecule has 27 heavy (non-hydrogen) atoms. The van der Waals surface area contributed by atoms with Crippen LogP contribution in [0, 0.1) is 0 Å². The molecular formula is C19H21N3O5. The van der Waals surface area contributed by atoms with E-state index in [1.54, 1.807) is 24.3 Å². The van der Waals surface area contributed by atoms with E-state index in [4.69, 9.17) is 0 Å². The van der Waals surface area contributed by atoms with Gasteiger partial charge in [-0.2, -0.15) is 0 Å². The summed E-state index contributed by atoms with van der Waals surface area (Å²) in [4.78, 5) is 62.0. The standard InChI is InChI=1S/C19H21N3O5/c1-12(23)20-10-13-6-8-14(9-7-13)16(24)11-21-17(25)18(26)22(19(21)27)15-4-2-3-5-15/h6-9,15H,2-5,10-11H2,1H3,(H,20,23). The Morgan fingerprint density at radius 3 is 2.26 bits per heavy atom. The van der Waals surface area contributed by atoms with E-state index in [0.29, 0.717) is 24.9 Å². The minimum Gasteiger partial charge on any atom is -0.352 e. The quantitative estimate of drug-likeness (QED) is 0.460. The molecule has 0 atom stereocenters. The Morgan fingerprint density at radius 1 is 1.04 bits per heavy atom. The van der Waals surface area contributed by atoms with Crippen molar-refractivity contribution in [1.29, 1.82) is 0 Å². The molecule has 1 heterocycles. The van der Waals surface area contributed by atoms with Crippen LogP contribution in [0.2, 0.25) is 0 Å². The van der Waals surface area contributed by atoms with Crippen molar-refractivity contribution >= 4 is 29.5 Å². The lowest BCUT2D eigenvalue weighted by molar-refractivity contribution is -0.143. The number of nitrogens with one attached hydrogen (secondary N) is 1. The monoisotopic (exact) mass is 371 g/mol. The summed E-state index contributed by atoms with van der Waals surface area (Å²) in [6.07, 6.45) is 3.23. The van der Waals surface area contributed by atoms with Gasteiger partial charge in [0.2, 0.25) is 5.91 Å². The minimum absolute atomic E-state index is 0.155. The Bertz CT molecular complexity index is 796. The molecule has 2 aliphatic rings. The molecule has 8 heteroatoms. The molecule has 5 amide bonds. The predicted octanol–water partition coefficient (Wildman–Crippen LogP) is 1.24. The zero-order valence-corrected chi connectivity index (χ0v) is 15.1. The number of ketones is 1. The molecule has 1 N–H and O–H groups in total. The maximum Gasteiger partial charge on any atom is 0.334 e. The maximum atomic E-state index is 12.5. The van der Waals surface area contributed by atoms with Crippen molar-refractivity contribution in [3.05, 3.63) is 35.4 Å². The zero-order chi connectivity index (χ0) is 19.6. The van der Waals surface area contributed by atoms with Crippen LogP contribution in [0.1, 0.15) is 48.5 Å². The smallest absolute Gasteiger partial charge is 0.334 e. The van der Waals surface area contributed by atoms with Gasteiger partial charge in [-0.3, -0.25) is 24.1 Å². The number of Topliss-reactive ketones (excluding diaryl/α,β-unsaturated/α-hetero) is 1. The third-order valence-corrected chi connectivity index (χ3v) is 4.89. The topological polar surface area (TPSA) is 104 Å². The molecule has 142 valence electrons. The van der Waals surface area contributed by atoms with Gasteiger partial charge < -0.3 is 5.32 Å². The van der Waals surface area contributed by atoms with Crippen LogP contribution in [-0.4, -0.2) is 51.9 Å². The second kappa shape index (κ2) is 7.69. The van der Waals surface area contributed by atoms with Crippen LogP contribution in [0.5, 0.6) is 0 Å². The van der Waals surface area contributed by atoms with Crippen LogP contribution in [0.4, 0.5) is 4.79 Å². The average Bonchev–Trinajstić information content (AvgIpc) is 3.24. The predicted molar refractivity (Wildman–Crippen MR) is 94.5 cm³/mol. The molecule has 0 spiro atoms. The van der Waals surface area contributed by atoms with Gasteiger partial charge in [0.05, 0.1) is 6.54 Å². The summed E-state index contributed by atoms with van der Waals surface area (Å²) < 4.78 is 0. The van der Waals surface area contributed by atoms with Gasteiger partial charge in [0.25, 0.3) is 0 Å². The first-order chi connectivity index (χ1) is 12.9. The fourth-order valence-electron chi connectivity index (χ4n) is 3.42.